The average Bonchev–Trinajstić information content (AvgIpc) is 3.24. The molecule has 128 valence electrons. The summed E-state index contributed by atoms with van der Waals surface area (Å²) in [4.78, 5) is 32.0. The molecule has 1 fully saturated rings. The molecule has 2 aromatic rings. The lowest BCUT2D eigenvalue weighted by Gasteiger charge is -2.31. The molecule has 2 aromatic heterocycles. The highest BCUT2D eigenvalue weighted by atomic mass is 32.1. The second-order valence-corrected chi connectivity index (χ2v) is 7.71. The Morgan fingerprint density at radius 2 is 2.29 bits per heavy atom. The van der Waals surface area contributed by atoms with Gasteiger partial charge < -0.3 is 10.2 Å². The Morgan fingerprint density at radius 3 is 3.00 bits per heavy atom. The van der Waals surface area contributed by atoms with E-state index in [0.717, 1.165) is 29.1 Å². The molecule has 1 saturated heterocycles. The monoisotopic (exact) mass is 363 g/mol. The van der Waals surface area contributed by atoms with Crippen LogP contribution in [-0.4, -0.2) is 41.3 Å². The zero-order valence-electron chi connectivity index (χ0n) is 13.9. The average molecular weight is 364 g/mol. The van der Waals surface area contributed by atoms with Gasteiger partial charge in [-0.05, 0) is 38.1 Å². The molecule has 1 N–H and O–H groups in total. The van der Waals surface area contributed by atoms with Gasteiger partial charge in [0.25, 0.3) is 5.91 Å². The van der Waals surface area contributed by atoms with E-state index in [1.807, 2.05) is 30.7 Å². The van der Waals surface area contributed by atoms with Crippen LogP contribution in [0.3, 0.4) is 0 Å². The van der Waals surface area contributed by atoms with Gasteiger partial charge in [0.05, 0.1) is 11.6 Å². The van der Waals surface area contributed by atoms with Crippen LogP contribution in [0.2, 0.25) is 0 Å². The van der Waals surface area contributed by atoms with Crippen molar-refractivity contribution in [2.75, 3.05) is 19.6 Å². The normalized spacial score (nSPS) is 17.8. The molecule has 5 nitrogen and oxygen atoms in total. The van der Waals surface area contributed by atoms with Gasteiger partial charge >= 0.3 is 0 Å². The number of hydrogen-bond acceptors (Lipinski definition) is 5. The first kappa shape index (κ1) is 17.1. The molecule has 1 atom stereocenters. The van der Waals surface area contributed by atoms with Gasteiger partial charge in [0, 0.05) is 30.6 Å². The van der Waals surface area contributed by atoms with E-state index in [1.54, 1.807) is 16.2 Å². The van der Waals surface area contributed by atoms with Gasteiger partial charge in [-0.15, -0.1) is 11.3 Å². The Hall–Kier alpha value is -1.73. The van der Waals surface area contributed by atoms with E-state index in [1.165, 1.54) is 11.3 Å². The molecule has 24 heavy (non-hydrogen) atoms. The number of thiazole rings is 1. The first-order valence-corrected chi connectivity index (χ1v) is 9.93. The van der Waals surface area contributed by atoms with Crippen molar-refractivity contribution in [2.45, 2.75) is 26.7 Å². The summed E-state index contributed by atoms with van der Waals surface area (Å²) < 4.78 is 0. The van der Waals surface area contributed by atoms with Crippen LogP contribution in [0.15, 0.2) is 16.8 Å². The molecule has 0 saturated carbocycles. The van der Waals surface area contributed by atoms with E-state index < -0.39 is 0 Å². The Labute approximate surface area is 149 Å². The standard InChI is InChI=1S/C17H21N3O2S2/c1-3-18-15(21)12-5-4-7-20(9-12)17(22)14-11(2)19-16(24-14)13-6-8-23-10-13/h6,8,10,12H,3-5,7,9H2,1-2H3,(H,18,21). The van der Waals surface area contributed by atoms with Gasteiger partial charge in [0.1, 0.15) is 9.88 Å². The van der Waals surface area contributed by atoms with Crippen molar-refractivity contribution >= 4 is 34.5 Å². The van der Waals surface area contributed by atoms with Crippen LogP contribution < -0.4 is 5.32 Å². The SMILES string of the molecule is CCNC(=O)C1CCCN(C(=O)c2sc(-c3ccsc3)nc2C)C1. The van der Waals surface area contributed by atoms with Crippen molar-refractivity contribution in [3.05, 3.63) is 27.4 Å². The van der Waals surface area contributed by atoms with Gasteiger partial charge in [-0.2, -0.15) is 11.3 Å². The number of hydrogen-bond donors (Lipinski definition) is 1. The molecule has 0 spiro atoms. The zero-order chi connectivity index (χ0) is 17.1. The number of carbonyl (C=O) groups is 2. The predicted molar refractivity (Wildman–Crippen MR) is 97.5 cm³/mol. The molecule has 0 aliphatic carbocycles. The molecular weight excluding hydrogens is 342 g/mol. The quantitative estimate of drug-likeness (QED) is 0.907. The predicted octanol–water partition coefficient (Wildman–Crippen LogP) is 3.17. The van der Waals surface area contributed by atoms with Crippen molar-refractivity contribution in [1.29, 1.82) is 0 Å². The van der Waals surface area contributed by atoms with Gasteiger partial charge in [0.15, 0.2) is 0 Å². The molecule has 0 aromatic carbocycles. The van der Waals surface area contributed by atoms with E-state index in [4.69, 9.17) is 0 Å². The molecule has 1 aliphatic rings. The van der Waals surface area contributed by atoms with Crippen molar-refractivity contribution in [3.63, 3.8) is 0 Å². The van der Waals surface area contributed by atoms with E-state index in [2.05, 4.69) is 10.3 Å². The highest BCUT2D eigenvalue weighted by molar-refractivity contribution is 7.17. The lowest BCUT2D eigenvalue weighted by Crippen LogP contribution is -2.45. The molecule has 0 radical (unpaired) electrons. The molecular formula is C17H21N3O2S2. The van der Waals surface area contributed by atoms with Crippen LogP contribution in [-0.2, 0) is 4.79 Å². The lowest BCUT2D eigenvalue weighted by molar-refractivity contribution is -0.126. The second kappa shape index (κ2) is 7.44. The fourth-order valence-electron chi connectivity index (χ4n) is 2.94. The Bertz CT molecular complexity index is 724. The number of rotatable bonds is 4. The first-order chi connectivity index (χ1) is 11.6. The van der Waals surface area contributed by atoms with Crippen molar-refractivity contribution in [2.24, 2.45) is 5.92 Å². The smallest absolute Gasteiger partial charge is 0.265 e. The van der Waals surface area contributed by atoms with Crippen LogP contribution in [0.25, 0.3) is 10.6 Å². The first-order valence-electron chi connectivity index (χ1n) is 8.17. The highest BCUT2D eigenvalue weighted by Gasteiger charge is 2.30. The molecule has 0 bridgehead atoms. The Morgan fingerprint density at radius 1 is 1.46 bits per heavy atom. The van der Waals surface area contributed by atoms with E-state index >= 15 is 0 Å². The maximum atomic E-state index is 12.9. The Kier molecular flexibility index (Phi) is 5.30. The van der Waals surface area contributed by atoms with Gasteiger partial charge in [-0.3, -0.25) is 9.59 Å². The fraction of sp³-hybridized carbons (Fsp3) is 0.471. The minimum absolute atomic E-state index is 0.000443. The van der Waals surface area contributed by atoms with Crippen molar-refractivity contribution in [3.8, 4) is 10.6 Å². The summed E-state index contributed by atoms with van der Waals surface area (Å²) in [7, 11) is 0. The summed E-state index contributed by atoms with van der Waals surface area (Å²) in [6.45, 7) is 5.62. The second-order valence-electron chi connectivity index (χ2n) is 5.93. The molecule has 3 heterocycles. The summed E-state index contributed by atoms with van der Waals surface area (Å²) in [5.41, 5.74) is 1.83. The summed E-state index contributed by atoms with van der Waals surface area (Å²) in [6, 6.07) is 2.02. The third kappa shape index (κ3) is 3.52. The summed E-state index contributed by atoms with van der Waals surface area (Å²) >= 11 is 3.06. The lowest BCUT2D eigenvalue weighted by atomic mass is 9.97. The number of amides is 2. The van der Waals surface area contributed by atoms with Gasteiger partial charge in [0.2, 0.25) is 5.91 Å². The Balaban J connectivity index is 1.75. The number of aromatic nitrogens is 1. The number of aryl methyl sites for hydroxylation is 1. The van der Waals surface area contributed by atoms with Gasteiger partial charge in [-0.1, -0.05) is 0 Å². The van der Waals surface area contributed by atoms with Crippen molar-refractivity contribution < 1.29 is 9.59 Å². The topological polar surface area (TPSA) is 62.3 Å². The number of piperidine rings is 1. The number of carbonyl (C=O) groups excluding carboxylic acids is 2. The van der Waals surface area contributed by atoms with E-state index in [-0.39, 0.29) is 17.7 Å². The number of nitrogens with one attached hydrogen (secondary N) is 1. The largest absolute Gasteiger partial charge is 0.356 e. The van der Waals surface area contributed by atoms with Crippen LogP contribution >= 0.6 is 22.7 Å². The van der Waals surface area contributed by atoms with Crippen LogP contribution in [0.4, 0.5) is 0 Å². The molecule has 1 unspecified atom stereocenters. The minimum Gasteiger partial charge on any atom is -0.356 e. The van der Waals surface area contributed by atoms with E-state index in [9.17, 15) is 9.59 Å². The maximum absolute atomic E-state index is 12.9. The van der Waals surface area contributed by atoms with Crippen molar-refractivity contribution in [1.82, 2.24) is 15.2 Å². The zero-order valence-corrected chi connectivity index (χ0v) is 15.5. The highest BCUT2D eigenvalue weighted by Crippen LogP contribution is 2.31. The molecule has 1 aliphatic heterocycles. The van der Waals surface area contributed by atoms with E-state index in [0.29, 0.717) is 24.5 Å². The van der Waals surface area contributed by atoms with Gasteiger partial charge in [-0.25, -0.2) is 4.98 Å². The molecule has 3 rings (SSSR count). The maximum Gasteiger partial charge on any atom is 0.265 e. The molecule has 7 heteroatoms. The third-order valence-electron chi connectivity index (χ3n) is 4.19. The van der Waals surface area contributed by atoms with Crippen LogP contribution in [0.1, 0.15) is 35.1 Å². The van der Waals surface area contributed by atoms with Crippen LogP contribution in [0.5, 0.6) is 0 Å². The summed E-state index contributed by atoms with van der Waals surface area (Å²) in [6.07, 6.45) is 1.71. The number of likely N-dealkylation sites (tertiary alicyclic amines) is 1. The fourth-order valence-corrected chi connectivity index (χ4v) is 4.69. The summed E-state index contributed by atoms with van der Waals surface area (Å²) in [5.74, 6) is -0.0531. The summed E-state index contributed by atoms with van der Waals surface area (Å²) in [5, 5.41) is 7.80. The number of thiophene rings is 1. The number of nitrogens with zero attached hydrogens (tertiary/aromatic N) is 2. The minimum atomic E-state index is -0.104. The molecule has 2 amide bonds. The third-order valence-corrected chi connectivity index (χ3v) is 6.07. The van der Waals surface area contributed by atoms with Crippen LogP contribution in [0, 0.1) is 12.8 Å².